The number of nitrogens with one attached hydrogen (secondary N) is 1. The lowest BCUT2D eigenvalue weighted by Crippen LogP contribution is -2.39. The van der Waals surface area contributed by atoms with Gasteiger partial charge in [0.25, 0.3) is 5.91 Å². The number of carbonyl (C=O) groups is 2. The van der Waals surface area contributed by atoms with Crippen LogP contribution in [0.2, 0.25) is 0 Å². The molecule has 0 spiro atoms. The van der Waals surface area contributed by atoms with Crippen molar-refractivity contribution in [1.29, 1.82) is 0 Å². The highest BCUT2D eigenvalue weighted by atomic mass is 32.1. The van der Waals surface area contributed by atoms with Crippen LogP contribution >= 0.6 is 11.3 Å². The van der Waals surface area contributed by atoms with Crippen molar-refractivity contribution in [3.05, 3.63) is 34.3 Å². The smallest absolute Gasteiger partial charge is 0.257 e. The highest BCUT2D eigenvalue weighted by Gasteiger charge is 2.33. The normalized spacial score (nSPS) is 20.3. The van der Waals surface area contributed by atoms with E-state index in [0.717, 1.165) is 55.8 Å². The number of nitrogens with zero attached hydrogens (tertiary/aromatic N) is 2. The molecule has 3 aliphatic rings. The summed E-state index contributed by atoms with van der Waals surface area (Å²) in [6, 6.07) is 5.12. The van der Waals surface area contributed by atoms with Crippen LogP contribution < -0.4 is 14.8 Å². The number of carbonyl (C=O) groups excluding carboxylic acids is 2. The van der Waals surface area contributed by atoms with Crippen molar-refractivity contribution in [2.45, 2.75) is 44.4 Å². The minimum atomic E-state index is -0.242. The third-order valence-electron chi connectivity index (χ3n) is 5.78. The molecule has 0 bridgehead atoms. The molecular formula is C21H23N3O4S. The summed E-state index contributed by atoms with van der Waals surface area (Å²) in [4.78, 5) is 33.5. The number of ether oxygens (including phenoxy) is 2. The topological polar surface area (TPSA) is 80.8 Å². The molecule has 0 unspecified atom stereocenters. The summed E-state index contributed by atoms with van der Waals surface area (Å²) < 4.78 is 10.6. The van der Waals surface area contributed by atoms with Gasteiger partial charge in [0.2, 0.25) is 12.7 Å². The number of aryl methyl sites for hydroxylation is 1. The van der Waals surface area contributed by atoms with Gasteiger partial charge < -0.3 is 14.4 Å². The molecule has 5 rings (SSSR count). The fourth-order valence-electron chi connectivity index (χ4n) is 4.25. The first-order valence-electron chi connectivity index (χ1n) is 10.2. The zero-order valence-electron chi connectivity index (χ0n) is 16.1. The van der Waals surface area contributed by atoms with Crippen LogP contribution in [0.25, 0.3) is 0 Å². The van der Waals surface area contributed by atoms with Crippen LogP contribution in [0.1, 0.15) is 59.0 Å². The molecule has 1 fully saturated rings. The minimum Gasteiger partial charge on any atom is -0.454 e. The van der Waals surface area contributed by atoms with E-state index in [1.54, 1.807) is 18.2 Å². The number of amides is 2. The Morgan fingerprint density at radius 2 is 1.93 bits per heavy atom. The second kappa shape index (κ2) is 7.67. The minimum absolute atomic E-state index is 0.173. The zero-order valence-corrected chi connectivity index (χ0v) is 16.9. The summed E-state index contributed by atoms with van der Waals surface area (Å²) in [7, 11) is 0. The molecule has 1 aromatic carbocycles. The van der Waals surface area contributed by atoms with E-state index in [9.17, 15) is 9.59 Å². The largest absolute Gasteiger partial charge is 0.454 e. The molecular weight excluding hydrogens is 390 g/mol. The molecule has 1 saturated heterocycles. The molecule has 1 N–H and O–H groups in total. The quantitative estimate of drug-likeness (QED) is 0.832. The number of fused-ring (bicyclic) bond motifs is 2. The van der Waals surface area contributed by atoms with Crippen LogP contribution in [-0.2, 0) is 11.2 Å². The summed E-state index contributed by atoms with van der Waals surface area (Å²) in [5.41, 5.74) is 1.35. The first kappa shape index (κ1) is 18.4. The third kappa shape index (κ3) is 3.57. The number of hydrogen-bond donors (Lipinski definition) is 1. The van der Waals surface area contributed by atoms with Gasteiger partial charge in [-0.05, 0) is 56.7 Å². The monoisotopic (exact) mass is 413 g/mol. The molecule has 0 saturated carbocycles. The maximum absolute atomic E-state index is 13.1. The van der Waals surface area contributed by atoms with Crippen molar-refractivity contribution in [3.8, 4) is 11.5 Å². The number of benzene rings is 1. The van der Waals surface area contributed by atoms with Crippen LogP contribution in [0.15, 0.2) is 18.2 Å². The van der Waals surface area contributed by atoms with Gasteiger partial charge in [-0.3, -0.25) is 14.9 Å². The lowest BCUT2D eigenvalue weighted by atomic mass is 9.89. The standard InChI is InChI=1S/C21H23N3O4S/c25-19(13-7-8-15-16(11-13)28-12-27-15)23-21-22-18-14(5-4-6-17(18)29-21)20(26)24-9-2-1-3-10-24/h7-8,11,14H,1-6,9-10,12H2,(H,22,23,25)/t14-/m1/s1. The molecule has 2 aromatic rings. The number of likely N-dealkylation sites (tertiary alicyclic amines) is 1. The summed E-state index contributed by atoms with van der Waals surface area (Å²) >= 11 is 1.48. The predicted molar refractivity (Wildman–Crippen MR) is 109 cm³/mol. The lowest BCUT2D eigenvalue weighted by Gasteiger charge is -2.31. The van der Waals surface area contributed by atoms with E-state index in [1.165, 1.54) is 17.8 Å². The van der Waals surface area contributed by atoms with Gasteiger partial charge in [0.05, 0.1) is 11.6 Å². The molecule has 2 amide bonds. The van der Waals surface area contributed by atoms with E-state index in [-0.39, 0.29) is 24.5 Å². The number of anilines is 1. The van der Waals surface area contributed by atoms with Crippen LogP contribution in [0, 0.1) is 0 Å². The van der Waals surface area contributed by atoms with E-state index < -0.39 is 0 Å². The van der Waals surface area contributed by atoms with E-state index in [1.807, 2.05) is 4.90 Å². The molecule has 29 heavy (non-hydrogen) atoms. The van der Waals surface area contributed by atoms with Crippen molar-refractivity contribution in [2.24, 2.45) is 0 Å². The molecule has 2 aliphatic heterocycles. The van der Waals surface area contributed by atoms with Gasteiger partial charge in [0, 0.05) is 23.5 Å². The Balaban J connectivity index is 1.33. The molecule has 1 aliphatic carbocycles. The Morgan fingerprint density at radius 1 is 1.10 bits per heavy atom. The molecule has 8 heteroatoms. The lowest BCUT2D eigenvalue weighted by molar-refractivity contribution is -0.134. The first-order chi connectivity index (χ1) is 14.2. The average Bonchev–Trinajstić information content (AvgIpc) is 3.39. The Labute approximate surface area is 173 Å². The Hall–Kier alpha value is -2.61. The molecule has 3 heterocycles. The highest BCUT2D eigenvalue weighted by Crippen LogP contribution is 2.38. The van der Waals surface area contributed by atoms with Gasteiger partial charge >= 0.3 is 0 Å². The first-order valence-corrected chi connectivity index (χ1v) is 11.0. The van der Waals surface area contributed by atoms with E-state index in [0.29, 0.717) is 22.2 Å². The van der Waals surface area contributed by atoms with Crippen LogP contribution in [0.3, 0.4) is 0 Å². The summed E-state index contributed by atoms with van der Waals surface area (Å²) in [6.07, 6.45) is 6.10. The Kier molecular flexibility index (Phi) is 4.87. The number of rotatable bonds is 3. The average molecular weight is 413 g/mol. The van der Waals surface area contributed by atoms with Gasteiger partial charge in [0.1, 0.15) is 0 Å². The fraction of sp³-hybridized carbons (Fsp3) is 0.476. The second-order valence-corrected chi connectivity index (χ2v) is 8.76. The summed E-state index contributed by atoms with van der Waals surface area (Å²) in [6.45, 7) is 1.87. The molecule has 1 aromatic heterocycles. The number of piperidine rings is 1. The SMILES string of the molecule is O=C(Nc1nc2c(s1)CCC[C@H]2C(=O)N1CCCCC1)c1ccc2c(c1)OCO2. The van der Waals surface area contributed by atoms with Crippen molar-refractivity contribution in [2.75, 3.05) is 25.2 Å². The van der Waals surface area contributed by atoms with Gasteiger partial charge in [-0.2, -0.15) is 0 Å². The second-order valence-electron chi connectivity index (χ2n) is 7.68. The van der Waals surface area contributed by atoms with E-state index in [2.05, 4.69) is 10.3 Å². The van der Waals surface area contributed by atoms with Gasteiger partial charge in [0.15, 0.2) is 16.6 Å². The van der Waals surface area contributed by atoms with Crippen LogP contribution in [0.4, 0.5) is 5.13 Å². The van der Waals surface area contributed by atoms with Crippen molar-refractivity contribution in [1.82, 2.24) is 9.88 Å². The van der Waals surface area contributed by atoms with E-state index >= 15 is 0 Å². The van der Waals surface area contributed by atoms with Crippen molar-refractivity contribution >= 4 is 28.3 Å². The number of thiazole rings is 1. The highest BCUT2D eigenvalue weighted by molar-refractivity contribution is 7.16. The van der Waals surface area contributed by atoms with Crippen molar-refractivity contribution < 1.29 is 19.1 Å². The Morgan fingerprint density at radius 3 is 2.79 bits per heavy atom. The summed E-state index contributed by atoms with van der Waals surface area (Å²) in [5, 5.41) is 3.44. The van der Waals surface area contributed by atoms with Gasteiger partial charge in [-0.15, -0.1) is 11.3 Å². The van der Waals surface area contributed by atoms with Crippen LogP contribution in [-0.4, -0.2) is 41.6 Å². The maximum atomic E-state index is 13.1. The third-order valence-corrected chi connectivity index (χ3v) is 6.82. The predicted octanol–water partition coefficient (Wildman–Crippen LogP) is 3.56. The fourth-order valence-corrected chi connectivity index (χ4v) is 5.31. The molecule has 1 atom stereocenters. The molecule has 152 valence electrons. The van der Waals surface area contributed by atoms with Gasteiger partial charge in [-0.1, -0.05) is 0 Å². The molecule has 7 nitrogen and oxygen atoms in total. The maximum Gasteiger partial charge on any atom is 0.257 e. The number of aromatic nitrogens is 1. The number of hydrogen-bond acceptors (Lipinski definition) is 6. The zero-order chi connectivity index (χ0) is 19.8. The van der Waals surface area contributed by atoms with Crippen molar-refractivity contribution in [3.63, 3.8) is 0 Å². The van der Waals surface area contributed by atoms with Gasteiger partial charge in [-0.25, -0.2) is 4.98 Å². The van der Waals surface area contributed by atoms with E-state index in [4.69, 9.17) is 9.47 Å². The molecule has 0 radical (unpaired) electrons. The summed E-state index contributed by atoms with van der Waals surface area (Å²) in [5.74, 6) is 0.996. The Bertz CT molecular complexity index is 951. The van der Waals surface area contributed by atoms with Crippen LogP contribution in [0.5, 0.6) is 11.5 Å².